The zero-order valence-electron chi connectivity index (χ0n) is 13.5. The fourth-order valence-electron chi connectivity index (χ4n) is 2.43. The molecule has 25 heavy (non-hydrogen) atoms. The fourth-order valence-corrected chi connectivity index (χ4v) is 3.48. The van der Waals surface area contributed by atoms with Gasteiger partial charge in [-0.05, 0) is 35.8 Å². The molecule has 8 nitrogen and oxygen atoms in total. The SMILES string of the molecule is Cc1cc(NC(=O)C(Sc2nnnn2C2CC2)c2ccccc2)no1. The number of nitrogens with one attached hydrogen (secondary N) is 1. The Hall–Kier alpha value is -2.68. The van der Waals surface area contributed by atoms with Crippen LogP contribution in [0.3, 0.4) is 0 Å². The highest BCUT2D eigenvalue weighted by molar-refractivity contribution is 8.00. The quantitative estimate of drug-likeness (QED) is 0.678. The number of rotatable bonds is 6. The Balaban J connectivity index is 1.59. The fraction of sp³-hybridized carbons (Fsp3) is 0.312. The van der Waals surface area contributed by atoms with E-state index in [2.05, 4.69) is 26.0 Å². The average molecular weight is 356 g/mol. The van der Waals surface area contributed by atoms with Crippen molar-refractivity contribution in [1.29, 1.82) is 0 Å². The van der Waals surface area contributed by atoms with Crippen LogP contribution in [0.25, 0.3) is 0 Å². The number of hydrogen-bond acceptors (Lipinski definition) is 7. The van der Waals surface area contributed by atoms with Crippen molar-refractivity contribution in [3.63, 3.8) is 0 Å². The molecule has 0 bridgehead atoms. The number of benzene rings is 1. The van der Waals surface area contributed by atoms with Crippen LogP contribution in [-0.4, -0.2) is 31.3 Å². The summed E-state index contributed by atoms with van der Waals surface area (Å²) in [5.74, 6) is 0.831. The minimum absolute atomic E-state index is 0.199. The summed E-state index contributed by atoms with van der Waals surface area (Å²) in [6.45, 7) is 1.77. The van der Waals surface area contributed by atoms with E-state index in [1.165, 1.54) is 11.8 Å². The number of aryl methyl sites for hydroxylation is 1. The number of tetrazole rings is 1. The first kappa shape index (κ1) is 15.8. The van der Waals surface area contributed by atoms with E-state index >= 15 is 0 Å². The van der Waals surface area contributed by atoms with Crippen molar-refractivity contribution in [3.05, 3.63) is 47.7 Å². The summed E-state index contributed by atoms with van der Waals surface area (Å²) in [5.41, 5.74) is 0.871. The Labute approximate surface area is 148 Å². The van der Waals surface area contributed by atoms with Crippen LogP contribution in [0.4, 0.5) is 5.82 Å². The second-order valence-electron chi connectivity index (χ2n) is 5.86. The molecule has 3 aromatic rings. The summed E-state index contributed by atoms with van der Waals surface area (Å²) in [5, 5.41) is 18.7. The Morgan fingerprint density at radius 1 is 1.36 bits per heavy atom. The highest BCUT2D eigenvalue weighted by Crippen LogP contribution is 2.40. The lowest BCUT2D eigenvalue weighted by Gasteiger charge is -2.15. The van der Waals surface area contributed by atoms with E-state index < -0.39 is 5.25 Å². The first-order chi connectivity index (χ1) is 12.2. The van der Waals surface area contributed by atoms with Crippen molar-refractivity contribution in [3.8, 4) is 0 Å². The topological polar surface area (TPSA) is 98.7 Å². The van der Waals surface area contributed by atoms with Crippen molar-refractivity contribution in [2.24, 2.45) is 0 Å². The molecule has 128 valence electrons. The van der Waals surface area contributed by atoms with Crippen LogP contribution in [0.1, 0.15) is 35.5 Å². The van der Waals surface area contributed by atoms with Crippen LogP contribution in [-0.2, 0) is 4.79 Å². The largest absolute Gasteiger partial charge is 0.360 e. The molecule has 1 unspecified atom stereocenters. The third-order valence-electron chi connectivity index (χ3n) is 3.80. The standard InChI is InChI=1S/C16H16N6O2S/c1-10-9-13(19-24-10)17-15(23)14(11-5-3-2-4-6-11)25-16-18-20-21-22(16)12-7-8-12/h2-6,9,12,14H,7-8H2,1H3,(H,17,19,23). The summed E-state index contributed by atoms with van der Waals surface area (Å²) >= 11 is 1.33. The number of aromatic nitrogens is 5. The Bertz CT molecular complexity index is 874. The second kappa shape index (κ2) is 6.67. The smallest absolute Gasteiger partial charge is 0.243 e. The Morgan fingerprint density at radius 3 is 2.84 bits per heavy atom. The monoisotopic (exact) mass is 356 g/mol. The molecule has 1 fully saturated rings. The van der Waals surface area contributed by atoms with Gasteiger partial charge >= 0.3 is 0 Å². The zero-order valence-corrected chi connectivity index (χ0v) is 14.3. The normalized spacial score (nSPS) is 15.1. The molecule has 1 aliphatic carbocycles. The van der Waals surface area contributed by atoms with Crippen LogP contribution < -0.4 is 5.32 Å². The molecule has 1 aliphatic rings. The first-order valence-corrected chi connectivity index (χ1v) is 8.82. The van der Waals surface area contributed by atoms with E-state index in [9.17, 15) is 4.79 Å². The molecule has 0 aliphatic heterocycles. The van der Waals surface area contributed by atoms with Gasteiger partial charge in [0.25, 0.3) is 0 Å². The molecule has 0 radical (unpaired) electrons. The maximum absolute atomic E-state index is 12.9. The van der Waals surface area contributed by atoms with Gasteiger partial charge in [0, 0.05) is 6.07 Å². The van der Waals surface area contributed by atoms with E-state index in [-0.39, 0.29) is 5.91 Å². The number of thioether (sulfide) groups is 1. The molecule has 1 saturated carbocycles. The molecule has 1 N–H and O–H groups in total. The van der Waals surface area contributed by atoms with Gasteiger partial charge in [-0.1, -0.05) is 47.3 Å². The van der Waals surface area contributed by atoms with E-state index in [0.29, 0.717) is 22.8 Å². The maximum Gasteiger partial charge on any atom is 0.243 e. The molecule has 1 aromatic carbocycles. The lowest BCUT2D eigenvalue weighted by molar-refractivity contribution is -0.115. The van der Waals surface area contributed by atoms with Crippen LogP contribution in [0, 0.1) is 6.92 Å². The van der Waals surface area contributed by atoms with Crippen molar-refractivity contribution < 1.29 is 9.32 Å². The highest BCUT2D eigenvalue weighted by Gasteiger charge is 2.31. The molecule has 1 amide bonds. The van der Waals surface area contributed by atoms with Crippen LogP contribution >= 0.6 is 11.8 Å². The van der Waals surface area contributed by atoms with E-state index in [0.717, 1.165) is 18.4 Å². The van der Waals surface area contributed by atoms with Gasteiger partial charge in [0.15, 0.2) is 5.82 Å². The zero-order chi connectivity index (χ0) is 17.2. The summed E-state index contributed by atoms with van der Waals surface area (Å²) in [6, 6.07) is 11.6. The summed E-state index contributed by atoms with van der Waals surface area (Å²) in [6.07, 6.45) is 2.14. The molecule has 2 aromatic heterocycles. The lowest BCUT2D eigenvalue weighted by atomic mass is 10.1. The number of amides is 1. The third kappa shape index (κ3) is 3.55. The van der Waals surface area contributed by atoms with E-state index in [1.54, 1.807) is 17.7 Å². The van der Waals surface area contributed by atoms with E-state index in [4.69, 9.17) is 4.52 Å². The van der Waals surface area contributed by atoms with Gasteiger partial charge < -0.3 is 9.84 Å². The first-order valence-electron chi connectivity index (χ1n) is 7.94. The predicted octanol–water partition coefficient (Wildman–Crippen LogP) is 2.78. The van der Waals surface area contributed by atoms with Crippen LogP contribution in [0.5, 0.6) is 0 Å². The van der Waals surface area contributed by atoms with Gasteiger partial charge in [-0.15, -0.1) is 5.10 Å². The third-order valence-corrected chi connectivity index (χ3v) is 5.00. The highest BCUT2D eigenvalue weighted by atomic mass is 32.2. The molecule has 2 heterocycles. The van der Waals surface area contributed by atoms with Gasteiger partial charge in [-0.2, -0.15) is 0 Å². The summed E-state index contributed by atoms with van der Waals surface area (Å²) in [4.78, 5) is 12.9. The molecule has 0 saturated heterocycles. The summed E-state index contributed by atoms with van der Waals surface area (Å²) in [7, 11) is 0. The maximum atomic E-state index is 12.9. The van der Waals surface area contributed by atoms with Gasteiger partial charge in [0.05, 0.1) is 6.04 Å². The molecule has 9 heteroatoms. The number of carbonyl (C=O) groups excluding carboxylic acids is 1. The second-order valence-corrected chi connectivity index (χ2v) is 6.93. The van der Waals surface area contributed by atoms with Gasteiger partial charge in [-0.25, -0.2) is 4.68 Å². The lowest BCUT2D eigenvalue weighted by Crippen LogP contribution is -2.19. The van der Waals surface area contributed by atoms with Crippen LogP contribution in [0.15, 0.2) is 46.1 Å². The minimum Gasteiger partial charge on any atom is -0.360 e. The van der Waals surface area contributed by atoms with Gasteiger partial charge in [-0.3, -0.25) is 4.79 Å². The van der Waals surface area contributed by atoms with Crippen molar-refractivity contribution >= 4 is 23.5 Å². The Kier molecular flexibility index (Phi) is 4.22. The molecular formula is C16H16N6O2S. The number of anilines is 1. The Morgan fingerprint density at radius 2 is 2.16 bits per heavy atom. The predicted molar refractivity (Wildman–Crippen MR) is 91.0 cm³/mol. The minimum atomic E-state index is -0.498. The average Bonchev–Trinajstić information content (AvgIpc) is 3.22. The molecule has 4 rings (SSSR count). The number of hydrogen-bond donors (Lipinski definition) is 1. The van der Waals surface area contributed by atoms with Crippen molar-refractivity contribution in [2.75, 3.05) is 5.32 Å². The van der Waals surface area contributed by atoms with Gasteiger partial charge in [0.2, 0.25) is 11.1 Å². The van der Waals surface area contributed by atoms with Crippen molar-refractivity contribution in [1.82, 2.24) is 25.4 Å². The van der Waals surface area contributed by atoms with Gasteiger partial charge in [0.1, 0.15) is 11.0 Å². The van der Waals surface area contributed by atoms with E-state index in [1.807, 2.05) is 30.3 Å². The van der Waals surface area contributed by atoms with Crippen LogP contribution in [0.2, 0.25) is 0 Å². The molecular weight excluding hydrogens is 340 g/mol. The molecule has 1 atom stereocenters. The molecule has 0 spiro atoms. The number of carbonyl (C=O) groups is 1. The summed E-state index contributed by atoms with van der Waals surface area (Å²) < 4.78 is 6.81. The van der Waals surface area contributed by atoms with Crippen molar-refractivity contribution in [2.45, 2.75) is 36.2 Å². The number of nitrogens with zero attached hydrogens (tertiary/aromatic N) is 5.